The van der Waals surface area contributed by atoms with Crippen LogP contribution in [0.1, 0.15) is 43.7 Å². The molecule has 0 saturated carbocycles. The molecule has 1 atom stereocenters. The molecule has 2 aliphatic heterocycles. The Morgan fingerprint density at radius 2 is 1.94 bits per heavy atom. The summed E-state index contributed by atoms with van der Waals surface area (Å²) in [5, 5.41) is 7.46. The first-order chi connectivity index (χ1) is 16.1. The largest absolute Gasteiger partial charge is 0.487 e. The molecule has 3 heterocycles. The molecule has 172 valence electrons. The van der Waals surface area contributed by atoms with Crippen LogP contribution in [0.25, 0.3) is 11.1 Å². The van der Waals surface area contributed by atoms with Gasteiger partial charge >= 0.3 is 0 Å². The zero-order valence-electron chi connectivity index (χ0n) is 18.5. The molecule has 33 heavy (non-hydrogen) atoms. The van der Waals surface area contributed by atoms with Gasteiger partial charge in [0.2, 0.25) is 5.91 Å². The SMILES string of the molecule is O=C(CCCn1cccn1)NC1CC2(CCOCC2)Oc2ccc(-c3ccc(F)cc3)cc21. The smallest absolute Gasteiger partial charge is 0.220 e. The molecule has 0 bridgehead atoms. The highest BCUT2D eigenvalue weighted by Crippen LogP contribution is 2.45. The lowest BCUT2D eigenvalue weighted by molar-refractivity contribution is -0.123. The minimum Gasteiger partial charge on any atom is -0.487 e. The molecule has 3 aromatic rings. The molecule has 1 aromatic heterocycles. The molecule has 5 rings (SSSR count). The summed E-state index contributed by atoms with van der Waals surface area (Å²) in [6.07, 6.45) is 7.11. The molecule has 1 N–H and O–H groups in total. The van der Waals surface area contributed by atoms with E-state index < -0.39 is 0 Å². The number of hydrogen-bond acceptors (Lipinski definition) is 4. The maximum absolute atomic E-state index is 13.4. The second-order valence-corrected chi connectivity index (χ2v) is 8.85. The van der Waals surface area contributed by atoms with E-state index in [-0.39, 0.29) is 23.4 Å². The number of ether oxygens (including phenoxy) is 2. The van der Waals surface area contributed by atoms with Crippen molar-refractivity contribution in [2.24, 2.45) is 0 Å². The minimum atomic E-state index is -0.324. The molecule has 0 aliphatic carbocycles. The fourth-order valence-electron chi connectivity index (χ4n) is 4.77. The summed E-state index contributed by atoms with van der Waals surface area (Å²) in [5.74, 6) is 0.562. The van der Waals surface area contributed by atoms with Gasteiger partial charge in [0.1, 0.15) is 17.2 Å². The van der Waals surface area contributed by atoms with Gasteiger partial charge in [-0.25, -0.2) is 4.39 Å². The summed E-state index contributed by atoms with van der Waals surface area (Å²) in [4.78, 5) is 12.9. The average molecular weight is 450 g/mol. The van der Waals surface area contributed by atoms with E-state index in [1.165, 1.54) is 12.1 Å². The van der Waals surface area contributed by atoms with Gasteiger partial charge in [0.25, 0.3) is 0 Å². The number of nitrogens with one attached hydrogen (secondary N) is 1. The standard InChI is InChI=1S/C26H28FN3O3/c27-21-7-4-19(5-8-21)20-6-9-24-22(17-20)23(18-26(33-24)10-15-32-16-11-26)29-25(31)3-1-13-30-14-2-12-28-30/h2,4-9,12,14,17,23H,1,3,10-11,13,15-16,18H2,(H,29,31). The van der Waals surface area contributed by atoms with Crippen LogP contribution in [0.5, 0.6) is 5.75 Å². The summed E-state index contributed by atoms with van der Waals surface area (Å²) in [6, 6.07) is 14.2. The number of aromatic nitrogens is 2. The van der Waals surface area contributed by atoms with Gasteiger partial charge in [-0.2, -0.15) is 5.10 Å². The third kappa shape index (κ3) is 4.93. The summed E-state index contributed by atoms with van der Waals surface area (Å²) in [6.45, 7) is 2.03. The fraction of sp³-hybridized carbons (Fsp3) is 0.385. The molecule has 0 radical (unpaired) electrons. The second kappa shape index (κ2) is 9.35. The van der Waals surface area contributed by atoms with Crippen LogP contribution in [0.15, 0.2) is 60.9 Å². The molecule has 6 nitrogen and oxygen atoms in total. The number of carbonyl (C=O) groups excluding carboxylic acids is 1. The van der Waals surface area contributed by atoms with E-state index >= 15 is 0 Å². The molecule has 1 spiro atoms. The Kier molecular flexibility index (Phi) is 6.13. The second-order valence-electron chi connectivity index (χ2n) is 8.85. The molecule has 2 aliphatic rings. The number of hydrogen-bond donors (Lipinski definition) is 1. The number of amides is 1. The molecular formula is C26H28FN3O3. The molecule has 1 unspecified atom stereocenters. The molecular weight excluding hydrogens is 421 g/mol. The summed E-state index contributed by atoms with van der Waals surface area (Å²) in [7, 11) is 0. The van der Waals surface area contributed by atoms with E-state index in [2.05, 4.69) is 16.5 Å². The van der Waals surface area contributed by atoms with Crippen LogP contribution in [-0.2, 0) is 16.1 Å². The van der Waals surface area contributed by atoms with E-state index in [0.29, 0.717) is 32.6 Å². The Bertz CT molecular complexity index is 1090. The van der Waals surface area contributed by atoms with E-state index in [0.717, 1.165) is 41.7 Å². The third-order valence-corrected chi connectivity index (χ3v) is 6.55. The lowest BCUT2D eigenvalue weighted by atomic mass is 9.81. The van der Waals surface area contributed by atoms with Crippen LogP contribution in [-0.4, -0.2) is 34.5 Å². The van der Waals surface area contributed by atoms with Crippen molar-refractivity contribution < 1.29 is 18.7 Å². The molecule has 2 aromatic carbocycles. The highest BCUT2D eigenvalue weighted by molar-refractivity contribution is 5.77. The number of carbonyl (C=O) groups is 1. The van der Waals surface area contributed by atoms with Crippen LogP contribution < -0.4 is 10.1 Å². The Hall–Kier alpha value is -3.19. The quantitative estimate of drug-likeness (QED) is 0.595. The summed E-state index contributed by atoms with van der Waals surface area (Å²) < 4.78 is 27.3. The molecule has 7 heteroatoms. The predicted molar refractivity (Wildman–Crippen MR) is 122 cm³/mol. The van der Waals surface area contributed by atoms with Crippen LogP contribution in [0, 0.1) is 5.82 Å². The van der Waals surface area contributed by atoms with Gasteiger partial charge < -0.3 is 14.8 Å². The Morgan fingerprint density at radius 1 is 1.15 bits per heavy atom. The number of benzene rings is 2. The Morgan fingerprint density at radius 3 is 2.70 bits per heavy atom. The maximum atomic E-state index is 13.4. The number of nitrogens with zero attached hydrogens (tertiary/aromatic N) is 2. The zero-order valence-corrected chi connectivity index (χ0v) is 18.5. The van der Waals surface area contributed by atoms with Crippen molar-refractivity contribution in [2.45, 2.75) is 50.3 Å². The first kappa shape index (κ1) is 21.6. The lowest BCUT2D eigenvalue weighted by Crippen LogP contribution is -2.48. The van der Waals surface area contributed by atoms with Gasteiger partial charge in [-0.3, -0.25) is 9.48 Å². The Balaban J connectivity index is 1.37. The van der Waals surface area contributed by atoms with Gasteiger partial charge in [0.15, 0.2) is 0 Å². The van der Waals surface area contributed by atoms with E-state index in [4.69, 9.17) is 9.47 Å². The first-order valence-corrected chi connectivity index (χ1v) is 11.5. The van der Waals surface area contributed by atoms with Crippen molar-refractivity contribution in [1.29, 1.82) is 0 Å². The van der Waals surface area contributed by atoms with Crippen molar-refractivity contribution in [3.8, 4) is 16.9 Å². The van der Waals surface area contributed by atoms with Crippen LogP contribution >= 0.6 is 0 Å². The monoisotopic (exact) mass is 449 g/mol. The normalized spacial score (nSPS) is 19.0. The first-order valence-electron chi connectivity index (χ1n) is 11.5. The van der Waals surface area contributed by atoms with Crippen molar-refractivity contribution in [1.82, 2.24) is 15.1 Å². The predicted octanol–water partition coefficient (Wildman–Crippen LogP) is 4.66. The van der Waals surface area contributed by atoms with Crippen LogP contribution in [0.4, 0.5) is 4.39 Å². The number of fused-ring (bicyclic) bond motifs is 1. The van der Waals surface area contributed by atoms with Crippen LogP contribution in [0.2, 0.25) is 0 Å². The molecule has 1 saturated heterocycles. The van der Waals surface area contributed by atoms with E-state index in [1.807, 2.05) is 29.1 Å². The summed E-state index contributed by atoms with van der Waals surface area (Å²) >= 11 is 0. The maximum Gasteiger partial charge on any atom is 0.220 e. The highest BCUT2D eigenvalue weighted by atomic mass is 19.1. The molecule has 1 fully saturated rings. The van der Waals surface area contributed by atoms with Crippen molar-refractivity contribution in [3.05, 3.63) is 72.3 Å². The Labute approximate surface area is 192 Å². The fourth-order valence-corrected chi connectivity index (χ4v) is 4.77. The van der Waals surface area contributed by atoms with Gasteiger partial charge in [0.05, 0.1) is 19.3 Å². The average Bonchev–Trinajstić information content (AvgIpc) is 3.33. The minimum absolute atomic E-state index is 0.0226. The number of halogens is 1. The zero-order chi connectivity index (χ0) is 22.7. The highest BCUT2D eigenvalue weighted by Gasteiger charge is 2.42. The van der Waals surface area contributed by atoms with Gasteiger partial charge in [-0.15, -0.1) is 0 Å². The molecule has 1 amide bonds. The van der Waals surface area contributed by atoms with Gasteiger partial charge in [-0.1, -0.05) is 18.2 Å². The topological polar surface area (TPSA) is 65.4 Å². The van der Waals surface area contributed by atoms with Crippen molar-refractivity contribution >= 4 is 5.91 Å². The van der Waals surface area contributed by atoms with Gasteiger partial charge in [-0.05, 0) is 47.9 Å². The van der Waals surface area contributed by atoms with E-state index in [9.17, 15) is 9.18 Å². The van der Waals surface area contributed by atoms with Crippen molar-refractivity contribution in [3.63, 3.8) is 0 Å². The van der Waals surface area contributed by atoms with Gasteiger partial charge in [0, 0.05) is 50.2 Å². The lowest BCUT2D eigenvalue weighted by Gasteiger charge is -2.44. The number of aryl methyl sites for hydroxylation is 1. The summed E-state index contributed by atoms with van der Waals surface area (Å²) in [5.41, 5.74) is 2.54. The van der Waals surface area contributed by atoms with Crippen molar-refractivity contribution in [2.75, 3.05) is 13.2 Å². The third-order valence-electron chi connectivity index (χ3n) is 6.55. The number of rotatable bonds is 6. The van der Waals surface area contributed by atoms with Crippen LogP contribution in [0.3, 0.4) is 0 Å². The van der Waals surface area contributed by atoms with E-state index in [1.54, 1.807) is 18.3 Å².